The Hall–Kier alpha value is -1.17. The van der Waals surface area contributed by atoms with Crippen LogP contribution in [0.3, 0.4) is 0 Å². The monoisotopic (exact) mass is 303 g/mol. The zero-order valence-electron chi connectivity index (χ0n) is 11.1. The second-order valence-corrected chi connectivity index (χ2v) is 5.87. The lowest BCUT2D eigenvalue weighted by Gasteiger charge is -2.24. The Balaban J connectivity index is 2.24. The van der Waals surface area contributed by atoms with Crippen LogP contribution in [0, 0.1) is 0 Å². The molecule has 1 aliphatic heterocycles. The molecule has 1 aliphatic rings. The van der Waals surface area contributed by atoms with Gasteiger partial charge in [0.15, 0.2) is 0 Å². The highest BCUT2D eigenvalue weighted by atomic mass is 32.2. The number of thioether (sulfide) groups is 1. The molecule has 1 aromatic carbocycles. The lowest BCUT2D eigenvalue weighted by atomic mass is 10.1. The smallest absolute Gasteiger partial charge is 0.326 e. The van der Waals surface area contributed by atoms with E-state index in [1.807, 2.05) is 6.92 Å². The van der Waals surface area contributed by atoms with Crippen LogP contribution < -0.4 is 0 Å². The SMILES string of the molecule is CCCC(=O)N1CCSC1c1cccc(C(F)(F)F)c1. The Morgan fingerprint density at radius 2 is 2.20 bits per heavy atom. The van der Waals surface area contributed by atoms with Gasteiger partial charge >= 0.3 is 6.18 Å². The van der Waals surface area contributed by atoms with Crippen LogP contribution in [-0.4, -0.2) is 23.1 Å². The maximum absolute atomic E-state index is 12.7. The Morgan fingerprint density at radius 1 is 1.45 bits per heavy atom. The molecule has 6 heteroatoms. The van der Waals surface area contributed by atoms with Crippen molar-refractivity contribution in [1.29, 1.82) is 0 Å². The van der Waals surface area contributed by atoms with E-state index in [9.17, 15) is 18.0 Å². The van der Waals surface area contributed by atoms with Crippen molar-refractivity contribution in [3.05, 3.63) is 35.4 Å². The minimum absolute atomic E-state index is 0.0138. The second-order valence-electron chi connectivity index (χ2n) is 4.68. The highest BCUT2D eigenvalue weighted by molar-refractivity contribution is 7.99. The number of hydrogen-bond donors (Lipinski definition) is 0. The molecule has 0 aromatic heterocycles. The van der Waals surface area contributed by atoms with Gasteiger partial charge in [0.2, 0.25) is 5.91 Å². The number of amides is 1. The molecule has 0 N–H and O–H groups in total. The van der Waals surface area contributed by atoms with Crippen molar-refractivity contribution in [3.8, 4) is 0 Å². The third kappa shape index (κ3) is 3.29. The normalized spacial score (nSPS) is 19.4. The van der Waals surface area contributed by atoms with Crippen LogP contribution in [0.2, 0.25) is 0 Å². The van der Waals surface area contributed by atoms with Crippen molar-refractivity contribution in [1.82, 2.24) is 4.90 Å². The van der Waals surface area contributed by atoms with E-state index in [1.165, 1.54) is 17.8 Å². The third-order valence-electron chi connectivity index (χ3n) is 3.17. The first-order chi connectivity index (χ1) is 9.43. The van der Waals surface area contributed by atoms with Crippen LogP contribution in [0.1, 0.15) is 36.3 Å². The molecule has 110 valence electrons. The van der Waals surface area contributed by atoms with E-state index in [-0.39, 0.29) is 11.3 Å². The fourth-order valence-electron chi connectivity index (χ4n) is 2.23. The quantitative estimate of drug-likeness (QED) is 0.838. The first-order valence-corrected chi connectivity index (χ1v) is 7.56. The van der Waals surface area contributed by atoms with Crippen molar-refractivity contribution in [2.45, 2.75) is 31.3 Å². The van der Waals surface area contributed by atoms with Crippen LogP contribution >= 0.6 is 11.8 Å². The van der Waals surface area contributed by atoms with Crippen LogP contribution in [0.25, 0.3) is 0 Å². The predicted octanol–water partition coefficient (Wildman–Crippen LogP) is 4.08. The summed E-state index contributed by atoms with van der Waals surface area (Å²) in [7, 11) is 0. The van der Waals surface area contributed by atoms with E-state index in [1.54, 1.807) is 11.0 Å². The van der Waals surface area contributed by atoms with Gasteiger partial charge in [-0.2, -0.15) is 13.2 Å². The van der Waals surface area contributed by atoms with E-state index in [2.05, 4.69) is 0 Å². The van der Waals surface area contributed by atoms with Gasteiger partial charge in [0.25, 0.3) is 0 Å². The second kappa shape index (κ2) is 6.08. The van der Waals surface area contributed by atoms with Gasteiger partial charge < -0.3 is 4.90 Å². The van der Waals surface area contributed by atoms with E-state index < -0.39 is 11.7 Å². The molecule has 0 aliphatic carbocycles. The number of hydrogen-bond acceptors (Lipinski definition) is 2. The molecule has 0 bridgehead atoms. The average Bonchev–Trinajstić information content (AvgIpc) is 2.87. The summed E-state index contributed by atoms with van der Waals surface area (Å²) >= 11 is 1.51. The summed E-state index contributed by atoms with van der Waals surface area (Å²) in [4.78, 5) is 13.7. The first kappa shape index (κ1) is 15.2. The average molecular weight is 303 g/mol. The summed E-state index contributed by atoms with van der Waals surface area (Å²) in [5.41, 5.74) is -0.114. The minimum atomic E-state index is -4.35. The molecule has 0 saturated carbocycles. The van der Waals surface area contributed by atoms with E-state index in [0.717, 1.165) is 24.3 Å². The van der Waals surface area contributed by atoms with E-state index in [4.69, 9.17) is 0 Å². The highest BCUT2D eigenvalue weighted by Crippen LogP contribution is 2.40. The van der Waals surface area contributed by atoms with Gasteiger partial charge in [-0.1, -0.05) is 19.1 Å². The maximum atomic E-state index is 12.7. The van der Waals surface area contributed by atoms with Crippen molar-refractivity contribution in [2.24, 2.45) is 0 Å². The minimum Gasteiger partial charge on any atom is -0.326 e. The van der Waals surface area contributed by atoms with Gasteiger partial charge in [0.1, 0.15) is 5.37 Å². The molecule has 1 amide bonds. The molecular weight excluding hydrogens is 287 g/mol. The Morgan fingerprint density at radius 3 is 2.85 bits per heavy atom. The molecule has 0 spiro atoms. The zero-order valence-corrected chi connectivity index (χ0v) is 11.9. The van der Waals surface area contributed by atoms with E-state index >= 15 is 0 Å². The Bertz CT molecular complexity index is 490. The van der Waals surface area contributed by atoms with Crippen LogP contribution in [-0.2, 0) is 11.0 Å². The number of nitrogens with zero attached hydrogens (tertiary/aromatic N) is 1. The molecule has 1 atom stereocenters. The molecule has 1 unspecified atom stereocenters. The summed E-state index contributed by atoms with van der Waals surface area (Å²) in [5.74, 6) is 0.774. The molecule has 2 rings (SSSR count). The summed E-state index contributed by atoms with van der Waals surface area (Å²) in [6, 6.07) is 5.26. The molecule has 0 radical (unpaired) electrons. The van der Waals surface area contributed by atoms with Crippen molar-refractivity contribution < 1.29 is 18.0 Å². The number of benzene rings is 1. The number of carbonyl (C=O) groups is 1. The molecule has 1 saturated heterocycles. The number of rotatable bonds is 3. The van der Waals surface area contributed by atoms with Gasteiger partial charge in [-0.05, 0) is 24.1 Å². The summed E-state index contributed by atoms with van der Waals surface area (Å²) in [6.07, 6.45) is -3.16. The Kier molecular flexibility index (Phi) is 4.62. The lowest BCUT2D eigenvalue weighted by molar-refractivity contribution is -0.137. The van der Waals surface area contributed by atoms with Gasteiger partial charge in [-0.3, -0.25) is 4.79 Å². The highest BCUT2D eigenvalue weighted by Gasteiger charge is 2.34. The molecule has 1 aromatic rings. The maximum Gasteiger partial charge on any atom is 0.416 e. The molecule has 1 fully saturated rings. The van der Waals surface area contributed by atoms with Gasteiger partial charge in [-0.15, -0.1) is 11.8 Å². The predicted molar refractivity (Wildman–Crippen MR) is 73.3 cm³/mol. The van der Waals surface area contributed by atoms with Crippen molar-refractivity contribution in [2.75, 3.05) is 12.3 Å². The van der Waals surface area contributed by atoms with Crippen LogP contribution in [0.5, 0.6) is 0 Å². The van der Waals surface area contributed by atoms with Crippen molar-refractivity contribution >= 4 is 17.7 Å². The Labute approximate surface area is 120 Å². The van der Waals surface area contributed by atoms with E-state index in [0.29, 0.717) is 18.5 Å². The van der Waals surface area contributed by atoms with Crippen molar-refractivity contribution in [3.63, 3.8) is 0 Å². The van der Waals surface area contributed by atoms with Crippen LogP contribution in [0.15, 0.2) is 24.3 Å². The standard InChI is InChI=1S/C14H16F3NOS/c1-2-4-12(19)18-7-8-20-13(18)10-5-3-6-11(9-10)14(15,16)17/h3,5-6,9,13H,2,4,7-8H2,1H3. The first-order valence-electron chi connectivity index (χ1n) is 6.51. The zero-order chi connectivity index (χ0) is 14.8. The fourth-order valence-corrected chi connectivity index (χ4v) is 3.49. The summed E-state index contributed by atoms with van der Waals surface area (Å²) < 4.78 is 38.2. The lowest BCUT2D eigenvalue weighted by Crippen LogP contribution is -2.30. The summed E-state index contributed by atoms with van der Waals surface area (Å²) in [5, 5.41) is -0.295. The summed E-state index contributed by atoms with van der Waals surface area (Å²) in [6.45, 7) is 2.52. The van der Waals surface area contributed by atoms with Gasteiger partial charge in [0, 0.05) is 18.7 Å². The van der Waals surface area contributed by atoms with Crippen LogP contribution in [0.4, 0.5) is 13.2 Å². The third-order valence-corrected chi connectivity index (χ3v) is 4.43. The number of carbonyl (C=O) groups excluding carboxylic acids is 1. The largest absolute Gasteiger partial charge is 0.416 e. The molecule has 20 heavy (non-hydrogen) atoms. The topological polar surface area (TPSA) is 20.3 Å². The van der Waals surface area contributed by atoms with Gasteiger partial charge in [0.05, 0.1) is 5.56 Å². The molecule has 1 heterocycles. The van der Waals surface area contributed by atoms with Gasteiger partial charge in [-0.25, -0.2) is 0 Å². The molecular formula is C14H16F3NOS. The fraction of sp³-hybridized carbons (Fsp3) is 0.500. The number of halogens is 3. The number of alkyl halides is 3. The molecule has 2 nitrogen and oxygen atoms in total.